The van der Waals surface area contributed by atoms with Crippen LogP contribution in [0.5, 0.6) is 0 Å². The lowest BCUT2D eigenvalue weighted by Gasteiger charge is -2.40. The lowest BCUT2D eigenvalue weighted by molar-refractivity contribution is -0.153. The molecular weight excluding hydrogens is 599 g/mol. The first kappa shape index (κ1) is 31.6. The Morgan fingerprint density at radius 1 is 1.30 bits per heavy atom. The van der Waals surface area contributed by atoms with Crippen LogP contribution in [-0.4, -0.2) is 88.3 Å². The largest absolute Gasteiger partial charge is 0.481 e. The molecule has 3 atom stereocenters. The van der Waals surface area contributed by atoms with Gasteiger partial charge >= 0.3 is 11.9 Å². The van der Waals surface area contributed by atoms with Gasteiger partial charge in [0.05, 0.1) is 36.1 Å². The fourth-order valence-electron chi connectivity index (χ4n) is 6.08. The van der Waals surface area contributed by atoms with E-state index in [4.69, 9.17) is 9.73 Å². The molecular formula is C30H34F3N5O5S. The number of hydrogen-bond acceptors (Lipinski definition) is 9. The van der Waals surface area contributed by atoms with Crippen molar-refractivity contribution in [3.63, 3.8) is 0 Å². The molecule has 44 heavy (non-hydrogen) atoms. The standard InChI is InChI=1S/C30H34F3N5O5S/c1-5-43-27(40)21-20(35-24(25-34-10-12-44-25)36-22(21)17-7-6-8-19(31)16(17)2)13-38-15-30(32,33)18-9-11-37(26(39)23(18)38)14-29(3,4)28(41)42/h6-8,10,12,18,22-23H,5,9,11,13-15H2,1-4H3,(H,35,36)(H,41,42). The van der Waals surface area contributed by atoms with Crippen molar-refractivity contribution in [2.75, 3.05) is 32.8 Å². The van der Waals surface area contributed by atoms with Crippen LogP contribution in [0, 0.1) is 24.1 Å². The van der Waals surface area contributed by atoms with Gasteiger partial charge in [-0.05, 0) is 51.3 Å². The second-order valence-electron chi connectivity index (χ2n) is 11.9. The van der Waals surface area contributed by atoms with Crippen LogP contribution in [0.25, 0.3) is 0 Å². The van der Waals surface area contributed by atoms with Crippen LogP contribution in [0.2, 0.25) is 0 Å². The molecule has 0 bridgehead atoms. The van der Waals surface area contributed by atoms with Crippen molar-refractivity contribution in [1.29, 1.82) is 0 Å². The van der Waals surface area contributed by atoms with Crippen LogP contribution in [-0.2, 0) is 19.1 Å². The van der Waals surface area contributed by atoms with Crippen LogP contribution in [0.1, 0.15) is 49.4 Å². The van der Waals surface area contributed by atoms with Gasteiger partial charge in [-0.25, -0.2) is 22.9 Å². The number of carboxylic acid groups (broad SMARTS) is 1. The number of amides is 1. The van der Waals surface area contributed by atoms with Gasteiger partial charge in [0, 0.05) is 36.9 Å². The third-order valence-corrected chi connectivity index (χ3v) is 9.17. The lowest BCUT2D eigenvalue weighted by atomic mass is 9.86. The number of amidine groups is 1. The number of piperidine rings is 1. The van der Waals surface area contributed by atoms with E-state index in [1.807, 2.05) is 0 Å². The Morgan fingerprint density at radius 3 is 2.70 bits per heavy atom. The fraction of sp³-hybridized carbons (Fsp3) is 0.500. The van der Waals surface area contributed by atoms with E-state index in [0.29, 0.717) is 10.6 Å². The number of rotatable bonds is 9. The van der Waals surface area contributed by atoms with Gasteiger partial charge in [0.1, 0.15) is 11.9 Å². The van der Waals surface area contributed by atoms with E-state index in [-0.39, 0.29) is 55.3 Å². The predicted molar refractivity (Wildman–Crippen MR) is 156 cm³/mol. The van der Waals surface area contributed by atoms with Crippen LogP contribution in [0.3, 0.4) is 0 Å². The fourth-order valence-corrected chi connectivity index (χ4v) is 6.67. The summed E-state index contributed by atoms with van der Waals surface area (Å²) in [6.45, 7) is 5.01. The lowest BCUT2D eigenvalue weighted by Crippen LogP contribution is -2.57. The average Bonchev–Trinajstić information content (AvgIpc) is 3.58. The van der Waals surface area contributed by atoms with E-state index in [0.717, 1.165) is 0 Å². The Labute approximate surface area is 256 Å². The van der Waals surface area contributed by atoms with E-state index in [1.54, 1.807) is 31.5 Å². The molecule has 2 aromatic rings. The summed E-state index contributed by atoms with van der Waals surface area (Å²) in [7, 11) is 0. The molecule has 14 heteroatoms. The molecule has 2 saturated heterocycles. The van der Waals surface area contributed by atoms with Crippen molar-refractivity contribution in [1.82, 2.24) is 20.1 Å². The molecule has 10 nitrogen and oxygen atoms in total. The number of carbonyl (C=O) groups excluding carboxylic acids is 2. The Hall–Kier alpha value is -3.78. The molecule has 0 radical (unpaired) electrons. The quantitative estimate of drug-likeness (QED) is 0.400. The second kappa shape index (κ2) is 12.0. The highest BCUT2D eigenvalue weighted by atomic mass is 32.1. The van der Waals surface area contributed by atoms with Crippen LogP contribution in [0.15, 0.2) is 46.0 Å². The van der Waals surface area contributed by atoms with Crippen LogP contribution in [0.4, 0.5) is 13.2 Å². The zero-order valence-electron chi connectivity index (χ0n) is 24.8. The van der Waals surface area contributed by atoms with E-state index in [1.165, 1.54) is 47.1 Å². The number of thiazole rings is 1. The first-order chi connectivity index (χ1) is 20.7. The summed E-state index contributed by atoms with van der Waals surface area (Å²) in [5.41, 5.74) is -0.436. The number of fused-ring (bicyclic) bond motifs is 1. The number of benzene rings is 1. The Kier molecular flexibility index (Phi) is 8.60. The summed E-state index contributed by atoms with van der Waals surface area (Å²) in [5, 5.41) is 14.9. The maximum absolute atomic E-state index is 15.5. The van der Waals surface area contributed by atoms with E-state index in [9.17, 15) is 23.9 Å². The predicted octanol–water partition coefficient (Wildman–Crippen LogP) is 3.78. The number of likely N-dealkylation sites (tertiary alicyclic amines) is 2. The van der Waals surface area contributed by atoms with Crippen LogP contribution >= 0.6 is 11.3 Å². The summed E-state index contributed by atoms with van der Waals surface area (Å²) < 4.78 is 51.0. The summed E-state index contributed by atoms with van der Waals surface area (Å²) in [6.07, 6.45) is 1.56. The molecule has 1 amide bonds. The van der Waals surface area contributed by atoms with Crippen molar-refractivity contribution in [3.05, 3.63) is 63.0 Å². The van der Waals surface area contributed by atoms with E-state index >= 15 is 8.78 Å². The minimum absolute atomic E-state index is 0.0102. The smallest absolute Gasteiger partial charge is 0.338 e. The number of ether oxygens (including phenoxy) is 1. The molecule has 0 spiro atoms. The molecule has 1 aromatic carbocycles. The topological polar surface area (TPSA) is 124 Å². The molecule has 2 N–H and O–H groups in total. The second-order valence-corrected chi connectivity index (χ2v) is 12.8. The summed E-state index contributed by atoms with van der Waals surface area (Å²) >= 11 is 1.27. The van der Waals surface area contributed by atoms with Gasteiger partial charge in [-0.3, -0.25) is 19.5 Å². The maximum atomic E-state index is 15.5. The molecule has 0 saturated carbocycles. The highest BCUT2D eigenvalue weighted by Gasteiger charge is 2.59. The highest BCUT2D eigenvalue weighted by Crippen LogP contribution is 2.44. The van der Waals surface area contributed by atoms with Crippen molar-refractivity contribution in [2.45, 2.75) is 52.1 Å². The highest BCUT2D eigenvalue weighted by molar-refractivity contribution is 7.11. The monoisotopic (exact) mass is 633 g/mol. The molecule has 5 rings (SSSR count). The number of nitrogens with zero attached hydrogens (tertiary/aromatic N) is 4. The van der Waals surface area contributed by atoms with Crippen molar-refractivity contribution in [2.24, 2.45) is 16.3 Å². The van der Waals surface area contributed by atoms with E-state index in [2.05, 4.69) is 10.3 Å². The normalized spacial score (nSPS) is 23.7. The number of hydrogen-bond donors (Lipinski definition) is 2. The molecule has 3 aliphatic rings. The number of nitrogens with one attached hydrogen (secondary N) is 1. The molecule has 4 heterocycles. The number of carboxylic acids is 1. The molecule has 1 aromatic heterocycles. The Bertz CT molecular complexity index is 1530. The summed E-state index contributed by atoms with van der Waals surface area (Å²) in [6, 6.07) is 2.13. The van der Waals surface area contributed by atoms with Crippen molar-refractivity contribution >= 4 is 35.0 Å². The minimum atomic E-state index is -3.21. The number of esters is 1. The van der Waals surface area contributed by atoms with E-state index < -0.39 is 59.5 Å². The number of alkyl halides is 2. The zero-order chi connectivity index (χ0) is 32.0. The third-order valence-electron chi connectivity index (χ3n) is 8.39. The third kappa shape index (κ3) is 5.84. The number of carbonyl (C=O) groups is 3. The molecule has 0 aliphatic carbocycles. The number of aromatic nitrogens is 1. The van der Waals surface area contributed by atoms with Gasteiger partial charge in [0.15, 0.2) is 10.8 Å². The van der Waals surface area contributed by atoms with Gasteiger partial charge in [-0.2, -0.15) is 0 Å². The first-order valence-corrected chi connectivity index (χ1v) is 15.2. The maximum Gasteiger partial charge on any atom is 0.338 e. The van der Waals surface area contributed by atoms with Crippen molar-refractivity contribution in [3.8, 4) is 0 Å². The minimum Gasteiger partial charge on any atom is -0.481 e. The molecule has 2 fully saturated rings. The molecule has 3 unspecified atom stereocenters. The number of aliphatic imine (C=N–C) groups is 1. The molecule has 236 valence electrons. The molecule has 3 aliphatic heterocycles. The van der Waals surface area contributed by atoms with Gasteiger partial charge in [-0.15, -0.1) is 11.3 Å². The van der Waals surface area contributed by atoms with Crippen molar-refractivity contribution < 1.29 is 37.4 Å². The van der Waals surface area contributed by atoms with Gasteiger partial charge in [0.2, 0.25) is 5.91 Å². The Morgan fingerprint density at radius 2 is 2.05 bits per heavy atom. The number of halogens is 3. The van der Waals surface area contributed by atoms with Gasteiger partial charge < -0.3 is 20.1 Å². The summed E-state index contributed by atoms with van der Waals surface area (Å²) in [5.74, 6) is -7.19. The van der Waals surface area contributed by atoms with Gasteiger partial charge in [0.25, 0.3) is 5.92 Å². The number of aliphatic carboxylic acids is 1. The Balaban J connectivity index is 1.58. The van der Waals surface area contributed by atoms with Gasteiger partial charge in [-0.1, -0.05) is 12.1 Å². The zero-order valence-corrected chi connectivity index (χ0v) is 25.6. The van der Waals surface area contributed by atoms with Crippen LogP contribution < -0.4 is 5.32 Å². The first-order valence-electron chi connectivity index (χ1n) is 14.3. The SMILES string of the molecule is CCOC(=O)C1=C(CN2CC(F)(F)C3CCN(CC(C)(C)C(=O)O)C(=O)C32)NC(c2nccs2)=NC1c1cccc(F)c1C. The average molecular weight is 634 g/mol. The summed E-state index contributed by atoms with van der Waals surface area (Å²) in [4.78, 5) is 50.7.